The number of aliphatic hydroxyl groups excluding tert-OH is 2. The lowest BCUT2D eigenvalue weighted by Gasteiger charge is -2.50. The Morgan fingerprint density at radius 1 is 1.00 bits per heavy atom. The summed E-state index contributed by atoms with van der Waals surface area (Å²) in [6.07, 6.45) is -1.14. The smallest absolute Gasteiger partial charge is 0.413 e. The van der Waals surface area contributed by atoms with E-state index in [4.69, 9.17) is 19.9 Å². The highest BCUT2D eigenvalue weighted by Crippen LogP contribution is 2.54. The highest BCUT2D eigenvalue weighted by atomic mass is 16.7. The third-order valence-electron chi connectivity index (χ3n) is 10.6. The number of fused-ring (bicyclic) bond motifs is 3. The minimum atomic E-state index is -2.83. The maximum Gasteiger partial charge on any atom is 0.413 e. The van der Waals surface area contributed by atoms with E-state index in [9.17, 15) is 49.2 Å². The largest absolute Gasteiger partial charge is 0.510 e. The minimum absolute atomic E-state index is 0.0237. The zero-order valence-corrected chi connectivity index (χ0v) is 34.4. The van der Waals surface area contributed by atoms with Gasteiger partial charge in [0, 0.05) is 36.8 Å². The fourth-order valence-corrected chi connectivity index (χ4v) is 7.94. The molecule has 318 valence electrons. The molecule has 18 nitrogen and oxygen atoms in total. The number of phenols is 1. The Morgan fingerprint density at radius 3 is 2.17 bits per heavy atom. The summed E-state index contributed by atoms with van der Waals surface area (Å²) >= 11 is 0. The molecule has 7 N–H and O–H groups in total. The lowest BCUT2D eigenvalue weighted by molar-refractivity contribution is -0.148. The van der Waals surface area contributed by atoms with Crippen LogP contribution in [0.3, 0.4) is 0 Å². The summed E-state index contributed by atoms with van der Waals surface area (Å²) in [6, 6.07) is 6.47. The molecule has 0 saturated carbocycles. The zero-order chi connectivity index (χ0) is 44.0. The number of Topliss-reactive ketones (excluding diaryl/α,β-unsaturated/α-hetero) is 2. The van der Waals surface area contributed by atoms with E-state index in [0.717, 1.165) is 4.90 Å². The van der Waals surface area contributed by atoms with Gasteiger partial charge in [-0.2, -0.15) is 0 Å². The molecule has 0 saturated heterocycles. The molecule has 0 unspecified atom stereocenters. The van der Waals surface area contributed by atoms with Crippen molar-refractivity contribution in [2.45, 2.75) is 70.7 Å². The van der Waals surface area contributed by atoms with Gasteiger partial charge in [0.15, 0.2) is 17.1 Å². The van der Waals surface area contributed by atoms with Gasteiger partial charge in [0.05, 0.1) is 29.0 Å². The second-order valence-electron chi connectivity index (χ2n) is 16.5. The first-order valence-electron chi connectivity index (χ1n) is 18.8. The van der Waals surface area contributed by atoms with Crippen molar-refractivity contribution in [1.82, 2.24) is 9.80 Å². The summed E-state index contributed by atoms with van der Waals surface area (Å²) in [5.74, 6) is -9.08. The summed E-state index contributed by atoms with van der Waals surface area (Å²) in [5.41, 5.74) is 0.685. The van der Waals surface area contributed by atoms with Crippen LogP contribution in [0.2, 0.25) is 0 Å². The van der Waals surface area contributed by atoms with Crippen molar-refractivity contribution < 1.29 is 63.4 Å². The van der Waals surface area contributed by atoms with Gasteiger partial charge in [-0.25, -0.2) is 9.59 Å². The Labute approximate surface area is 340 Å². The van der Waals surface area contributed by atoms with Gasteiger partial charge in [-0.15, -0.1) is 0 Å². The van der Waals surface area contributed by atoms with Crippen molar-refractivity contribution in [1.29, 1.82) is 0 Å². The predicted molar refractivity (Wildman–Crippen MR) is 212 cm³/mol. The number of aliphatic hydroxyl groups is 3. The Balaban J connectivity index is 1.39. The van der Waals surface area contributed by atoms with E-state index < -0.39 is 101 Å². The van der Waals surface area contributed by atoms with E-state index in [1.165, 1.54) is 37.2 Å². The predicted octanol–water partition coefficient (Wildman–Crippen LogP) is 2.96. The van der Waals surface area contributed by atoms with Gasteiger partial charge in [-0.1, -0.05) is 0 Å². The summed E-state index contributed by atoms with van der Waals surface area (Å²) in [4.78, 5) is 83.9. The molecule has 59 heavy (non-hydrogen) atoms. The molecule has 0 spiro atoms. The number of hydrogen-bond acceptors (Lipinski definition) is 15. The summed E-state index contributed by atoms with van der Waals surface area (Å²) < 4.78 is 15.9. The molecule has 3 aliphatic carbocycles. The second-order valence-corrected chi connectivity index (χ2v) is 16.5. The maximum atomic E-state index is 14.4. The number of phenolic OH excluding ortho intramolecular Hbond substituents is 1. The molecule has 0 fully saturated rings. The summed E-state index contributed by atoms with van der Waals surface area (Å²) in [6.45, 7) is 7.24. The number of hydrogen-bond donors (Lipinski definition) is 6. The van der Waals surface area contributed by atoms with Crippen LogP contribution >= 0.6 is 0 Å². The molecule has 3 aliphatic rings. The molecule has 0 radical (unpaired) electrons. The molecular weight excluding hydrogens is 770 g/mol. The zero-order valence-electron chi connectivity index (χ0n) is 34.4. The van der Waals surface area contributed by atoms with Gasteiger partial charge >= 0.3 is 12.1 Å². The van der Waals surface area contributed by atoms with Crippen molar-refractivity contribution in [3.05, 3.63) is 69.7 Å². The number of esters is 1. The van der Waals surface area contributed by atoms with Crippen LogP contribution in [0.15, 0.2) is 53.0 Å². The Morgan fingerprint density at radius 2 is 1.63 bits per heavy atom. The molecule has 2 aromatic carbocycles. The van der Waals surface area contributed by atoms with E-state index in [1.807, 2.05) is 13.8 Å². The lowest BCUT2D eigenvalue weighted by Crippen LogP contribution is -2.63. The van der Waals surface area contributed by atoms with Gasteiger partial charge in [-0.05, 0) is 103 Å². The summed E-state index contributed by atoms with van der Waals surface area (Å²) in [5, 5.41) is 48.8. The second kappa shape index (κ2) is 16.2. The van der Waals surface area contributed by atoms with Crippen LogP contribution in [0.4, 0.5) is 16.2 Å². The van der Waals surface area contributed by atoms with Gasteiger partial charge < -0.3 is 50.6 Å². The van der Waals surface area contributed by atoms with E-state index in [-0.39, 0.29) is 41.3 Å². The van der Waals surface area contributed by atoms with Crippen LogP contribution in [-0.4, -0.2) is 130 Å². The molecule has 3 amide bonds. The third kappa shape index (κ3) is 8.14. The molecular formula is C41H51N5O13. The Hall–Kier alpha value is -6.14. The number of anilines is 2. The van der Waals surface area contributed by atoms with Gasteiger partial charge in [0.25, 0.3) is 5.91 Å². The van der Waals surface area contributed by atoms with E-state index >= 15 is 0 Å². The standard InChI is InChI=1S/C41H51N5O13/c1-19(2)59-22-12-10-20(11-13-22)38(54)57-18-58-39(55)46(40(3,4)5)17-27(47)43-25-16-26(44(6)7)23-14-21-15-24-31(45(8)9)34(50)30(37(42)53)36(52)41(24,56)35(51)28(21)33(49)29(23)32(25)48/h10-13,16,19,21,24,31,48,50-51,56H,14-15,17-18H2,1-9H3,(H2,42,53)(H,43,47)/t21-,24-,31-,41-/m0/s1. The molecule has 0 heterocycles. The fourth-order valence-electron chi connectivity index (χ4n) is 7.94. The number of nitrogens with one attached hydrogen (secondary N) is 1. The van der Waals surface area contributed by atoms with Crippen LogP contribution in [0.25, 0.3) is 0 Å². The highest BCUT2D eigenvalue weighted by Gasteiger charge is 2.63. The molecule has 2 aromatic rings. The monoisotopic (exact) mass is 821 g/mol. The van der Waals surface area contributed by atoms with Gasteiger partial charge in [0.2, 0.25) is 18.5 Å². The first kappa shape index (κ1) is 44.0. The van der Waals surface area contributed by atoms with Gasteiger partial charge in [-0.3, -0.25) is 29.0 Å². The van der Waals surface area contributed by atoms with Crippen LogP contribution in [0.5, 0.6) is 11.5 Å². The average Bonchev–Trinajstić information content (AvgIpc) is 3.12. The van der Waals surface area contributed by atoms with Crippen LogP contribution < -0.4 is 20.7 Å². The lowest BCUT2D eigenvalue weighted by atomic mass is 9.58. The average molecular weight is 822 g/mol. The fraction of sp³-hybridized carbons (Fsp3) is 0.463. The SMILES string of the molecule is CC(C)Oc1ccc(C(=O)OCOC(=O)N(CC(=O)Nc2cc(N(C)C)c3c(c2O)C(=O)C2=C(O)[C@]4(O)C(=O)C(C(N)=O)=C(O)[C@@H](N(C)C)[C@@H]4C[C@@H]2C3)C(C)(C)C)cc1. The molecule has 0 bridgehead atoms. The molecule has 4 atom stereocenters. The van der Waals surface area contributed by atoms with E-state index in [1.54, 1.807) is 51.9 Å². The normalized spacial score (nSPS) is 21.4. The molecule has 0 aliphatic heterocycles. The number of likely N-dealkylation sites (N-methyl/N-ethyl adjacent to an activating group) is 1. The molecule has 0 aromatic heterocycles. The number of carbonyl (C=O) groups excluding carboxylic acids is 6. The van der Waals surface area contributed by atoms with Crippen molar-refractivity contribution in [3.8, 4) is 11.5 Å². The third-order valence-corrected chi connectivity index (χ3v) is 10.6. The number of carbonyl (C=O) groups is 6. The Bertz CT molecular complexity index is 2150. The number of nitrogens with two attached hydrogens (primary N) is 1. The first-order valence-corrected chi connectivity index (χ1v) is 18.8. The van der Waals surface area contributed by atoms with Crippen molar-refractivity contribution in [3.63, 3.8) is 0 Å². The van der Waals surface area contributed by atoms with Crippen LogP contribution in [-0.2, 0) is 30.3 Å². The van der Waals surface area contributed by atoms with E-state index in [0.29, 0.717) is 17.0 Å². The quantitative estimate of drug-likeness (QED) is 0.0824. The van der Waals surface area contributed by atoms with E-state index in [2.05, 4.69) is 5.32 Å². The van der Waals surface area contributed by atoms with Gasteiger partial charge in [0.1, 0.15) is 29.4 Å². The number of allylic oxidation sites excluding steroid dienone is 1. The molecule has 5 rings (SSSR count). The number of benzene rings is 2. The maximum absolute atomic E-state index is 14.4. The number of nitrogens with zero attached hydrogens (tertiary/aromatic N) is 3. The number of primary amides is 1. The Kier molecular flexibility index (Phi) is 12.1. The van der Waals surface area contributed by atoms with Crippen molar-refractivity contribution in [2.75, 3.05) is 51.7 Å². The number of aromatic hydroxyl groups is 1. The summed E-state index contributed by atoms with van der Waals surface area (Å²) in [7, 11) is 6.42. The minimum Gasteiger partial charge on any atom is -0.510 e. The number of amides is 3. The van der Waals surface area contributed by atoms with Crippen molar-refractivity contribution in [2.24, 2.45) is 17.6 Å². The highest BCUT2D eigenvalue weighted by molar-refractivity contribution is 6.25. The first-order chi connectivity index (χ1) is 27.4. The molecule has 18 heteroatoms. The van der Waals surface area contributed by atoms with Crippen molar-refractivity contribution >= 4 is 46.8 Å². The number of rotatable bonds is 11. The number of ketones is 2. The van der Waals surface area contributed by atoms with Crippen LogP contribution in [0, 0.1) is 11.8 Å². The topological polar surface area (TPSA) is 259 Å². The van der Waals surface area contributed by atoms with Crippen LogP contribution in [0.1, 0.15) is 67.3 Å². The number of ether oxygens (including phenoxy) is 3.